The van der Waals surface area contributed by atoms with Crippen LogP contribution in [0.25, 0.3) is 0 Å². The second-order valence-electron chi connectivity index (χ2n) is 26.3. The zero-order valence-corrected chi connectivity index (χ0v) is 56.5. The largest absolute Gasteiger partial charge is 0.466 e. The number of allylic oxidation sites excluding steroid dienone is 4. The highest BCUT2D eigenvalue weighted by Crippen LogP contribution is 2.20. The molecule has 83 heavy (non-hydrogen) atoms. The van der Waals surface area contributed by atoms with Crippen molar-refractivity contribution in [2.24, 2.45) is 0 Å². The lowest BCUT2D eigenvalue weighted by Crippen LogP contribution is -2.45. The van der Waals surface area contributed by atoms with E-state index in [1.165, 1.54) is 347 Å². The Morgan fingerprint density at radius 2 is 0.602 bits per heavy atom. The topological polar surface area (TPSA) is 95.9 Å². The highest BCUT2D eigenvalue weighted by atomic mass is 16.5. The summed E-state index contributed by atoms with van der Waals surface area (Å²) in [5.41, 5.74) is 0. The van der Waals surface area contributed by atoms with Gasteiger partial charge in [0.2, 0.25) is 5.91 Å². The minimum Gasteiger partial charge on any atom is -0.466 e. The number of amides is 1. The van der Waals surface area contributed by atoms with Gasteiger partial charge in [0.25, 0.3) is 0 Å². The molecule has 0 bridgehead atoms. The van der Waals surface area contributed by atoms with Crippen molar-refractivity contribution in [1.29, 1.82) is 0 Å². The molecule has 0 spiro atoms. The second-order valence-corrected chi connectivity index (χ2v) is 26.3. The maximum absolute atomic E-state index is 12.6. The molecule has 0 aliphatic heterocycles. The third-order valence-corrected chi connectivity index (χ3v) is 18.0. The van der Waals surface area contributed by atoms with Gasteiger partial charge in [-0.3, -0.25) is 9.59 Å². The SMILES string of the molecule is CCCCCC/C=C\C/C=C\CCCCCCCCCC(=O)OCCCCCCCCCCCCCCCCCCCCCCCCCC(=O)NC(CO)C(O)CCCCCCCCCCCCCCCCCCCCCCCCCCC. The first kappa shape index (κ1) is 81.3. The molecule has 6 nitrogen and oxygen atoms in total. The van der Waals surface area contributed by atoms with Crippen molar-refractivity contribution in [2.75, 3.05) is 13.2 Å². The van der Waals surface area contributed by atoms with E-state index >= 15 is 0 Å². The molecule has 0 heterocycles. The van der Waals surface area contributed by atoms with E-state index < -0.39 is 12.1 Å². The summed E-state index contributed by atoms with van der Waals surface area (Å²) >= 11 is 0. The lowest BCUT2D eigenvalue weighted by atomic mass is 10.0. The van der Waals surface area contributed by atoms with E-state index in [0.717, 1.165) is 51.4 Å². The van der Waals surface area contributed by atoms with Crippen LogP contribution in [-0.2, 0) is 14.3 Å². The van der Waals surface area contributed by atoms with Crippen LogP contribution in [0.1, 0.15) is 431 Å². The van der Waals surface area contributed by atoms with Gasteiger partial charge < -0.3 is 20.3 Å². The fourth-order valence-corrected chi connectivity index (χ4v) is 12.2. The van der Waals surface area contributed by atoms with E-state index in [4.69, 9.17) is 4.74 Å². The normalized spacial score (nSPS) is 12.6. The van der Waals surface area contributed by atoms with Gasteiger partial charge in [-0.05, 0) is 57.8 Å². The van der Waals surface area contributed by atoms with Gasteiger partial charge in [-0.2, -0.15) is 0 Å². The predicted octanol–water partition coefficient (Wildman–Crippen LogP) is 24.9. The van der Waals surface area contributed by atoms with Gasteiger partial charge in [0.15, 0.2) is 0 Å². The summed E-state index contributed by atoms with van der Waals surface area (Å²) in [7, 11) is 0. The van der Waals surface area contributed by atoms with Crippen molar-refractivity contribution in [3.63, 3.8) is 0 Å². The fraction of sp³-hybridized carbons (Fsp3) is 0.922. The molecule has 0 fully saturated rings. The number of hydrogen-bond acceptors (Lipinski definition) is 5. The van der Waals surface area contributed by atoms with Crippen LogP contribution >= 0.6 is 0 Å². The molecule has 0 saturated carbocycles. The number of nitrogens with one attached hydrogen (secondary N) is 1. The van der Waals surface area contributed by atoms with Gasteiger partial charge in [-0.1, -0.05) is 385 Å². The van der Waals surface area contributed by atoms with Gasteiger partial charge in [-0.25, -0.2) is 0 Å². The third kappa shape index (κ3) is 69.3. The average molecular weight is 1170 g/mol. The van der Waals surface area contributed by atoms with Crippen molar-refractivity contribution < 1.29 is 24.5 Å². The minimum atomic E-state index is -0.666. The van der Waals surface area contributed by atoms with E-state index in [0.29, 0.717) is 25.9 Å². The zero-order chi connectivity index (χ0) is 59.9. The number of carbonyl (C=O) groups is 2. The monoisotopic (exact) mass is 1170 g/mol. The molecule has 0 aromatic heterocycles. The molecule has 0 saturated heterocycles. The van der Waals surface area contributed by atoms with E-state index in [1.807, 2.05) is 0 Å². The molecule has 2 atom stereocenters. The standard InChI is InChI=1S/C77H149NO5/c1-3-5-7-9-11-13-15-17-19-21-23-24-25-26-28-31-34-37-41-45-49-53-57-61-65-69-75(80)74(73-79)78-76(81)70-66-62-58-54-50-46-42-38-35-32-29-27-30-33-36-40-44-48-52-56-60-64-68-72-83-77(82)71-67-63-59-55-51-47-43-39-22-20-18-16-14-12-10-8-6-4-2/h14,16,20,22,74-75,79-80H,3-13,15,17-19,21,23-73H2,1-2H3,(H,78,81)/b16-14-,22-20-. The Hall–Kier alpha value is -1.66. The van der Waals surface area contributed by atoms with E-state index in [2.05, 4.69) is 43.5 Å². The van der Waals surface area contributed by atoms with Gasteiger partial charge in [0.1, 0.15) is 0 Å². The molecular weight excluding hydrogens is 1020 g/mol. The Bertz CT molecular complexity index is 1300. The molecular formula is C77H149NO5. The van der Waals surface area contributed by atoms with Crippen molar-refractivity contribution in [3.05, 3.63) is 24.3 Å². The van der Waals surface area contributed by atoms with E-state index in [-0.39, 0.29) is 18.5 Å². The maximum atomic E-state index is 12.6. The van der Waals surface area contributed by atoms with Crippen LogP contribution in [0.5, 0.6) is 0 Å². The number of carbonyl (C=O) groups excluding carboxylic acids is 2. The number of aliphatic hydroxyl groups excluding tert-OH is 2. The number of rotatable bonds is 72. The molecule has 492 valence electrons. The van der Waals surface area contributed by atoms with Crippen molar-refractivity contribution in [2.45, 2.75) is 443 Å². The quantitative estimate of drug-likeness (QED) is 0.0320. The minimum absolute atomic E-state index is 0.00838. The number of ether oxygens (including phenoxy) is 1. The zero-order valence-electron chi connectivity index (χ0n) is 56.5. The molecule has 1 amide bonds. The molecule has 0 aromatic rings. The first-order valence-corrected chi connectivity index (χ1v) is 38.1. The summed E-state index contributed by atoms with van der Waals surface area (Å²) in [4.78, 5) is 24.7. The summed E-state index contributed by atoms with van der Waals surface area (Å²) in [6.07, 6.45) is 92.4. The average Bonchev–Trinajstić information content (AvgIpc) is 3.49. The summed E-state index contributed by atoms with van der Waals surface area (Å²) in [5, 5.41) is 23.5. The number of esters is 1. The van der Waals surface area contributed by atoms with Crippen LogP contribution in [0.4, 0.5) is 0 Å². The Morgan fingerprint density at radius 1 is 0.337 bits per heavy atom. The Kier molecular flexibility index (Phi) is 71.4. The third-order valence-electron chi connectivity index (χ3n) is 18.0. The molecule has 0 aromatic carbocycles. The Morgan fingerprint density at radius 3 is 0.928 bits per heavy atom. The highest BCUT2D eigenvalue weighted by Gasteiger charge is 2.20. The number of unbranched alkanes of at least 4 members (excludes halogenated alkanes) is 57. The Labute approximate surface area is 520 Å². The summed E-state index contributed by atoms with van der Waals surface area (Å²) in [5.74, 6) is -0.0206. The van der Waals surface area contributed by atoms with Crippen LogP contribution in [-0.4, -0.2) is 47.4 Å². The van der Waals surface area contributed by atoms with Crippen LogP contribution in [0.3, 0.4) is 0 Å². The van der Waals surface area contributed by atoms with Gasteiger partial charge >= 0.3 is 5.97 Å². The van der Waals surface area contributed by atoms with Gasteiger partial charge in [0, 0.05) is 12.8 Å². The van der Waals surface area contributed by atoms with Crippen molar-refractivity contribution in [3.8, 4) is 0 Å². The number of aliphatic hydroxyl groups is 2. The summed E-state index contributed by atoms with van der Waals surface area (Å²) in [6.45, 7) is 4.98. The molecule has 6 heteroatoms. The summed E-state index contributed by atoms with van der Waals surface area (Å²) in [6, 6.07) is -0.543. The lowest BCUT2D eigenvalue weighted by molar-refractivity contribution is -0.143. The van der Waals surface area contributed by atoms with Crippen LogP contribution in [0, 0.1) is 0 Å². The fourth-order valence-electron chi connectivity index (χ4n) is 12.2. The smallest absolute Gasteiger partial charge is 0.305 e. The predicted molar refractivity (Wildman–Crippen MR) is 366 cm³/mol. The molecule has 2 unspecified atom stereocenters. The van der Waals surface area contributed by atoms with Crippen LogP contribution in [0.15, 0.2) is 24.3 Å². The first-order valence-electron chi connectivity index (χ1n) is 38.1. The van der Waals surface area contributed by atoms with E-state index in [9.17, 15) is 19.8 Å². The lowest BCUT2D eigenvalue weighted by Gasteiger charge is -2.22. The van der Waals surface area contributed by atoms with Gasteiger partial charge in [0.05, 0.1) is 25.4 Å². The van der Waals surface area contributed by atoms with Crippen molar-refractivity contribution in [1.82, 2.24) is 5.32 Å². The van der Waals surface area contributed by atoms with Gasteiger partial charge in [-0.15, -0.1) is 0 Å². The highest BCUT2D eigenvalue weighted by molar-refractivity contribution is 5.76. The van der Waals surface area contributed by atoms with Crippen LogP contribution in [0.2, 0.25) is 0 Å². The second kappa shape index (κ2) is 72.8. The molecule has 3 N–H and O–H groups in total. The molecule has 0 radical (unpaired) electrons. The van der Waals surface area contributed by atoms with Crippen LogP contribution < -0.4 is 5.32 Å². The van der Waals surface area contributed by atoms with E-state index in [1.54, 1.807) is 0 Å². The van der Waals surface area contributed by atoms with Crippen molar-refractivity contribution >= 4 is 11.9 Å². The maximum Gasteiger partial charge on any atom is 0.305 e. The molecule has 0 aliphatic rings. The number of hydrogen-bond donors (Lipinski definition) is 3. The molecule has 0 aliphatic carbocycles. The first-order chi connectivity index (χ1) is 41.0. The summed E-state index contributed by atoms with van der Waals surface area (Å²) < 4.78 is 5.51. The Balaban J connectivity index is 3.37. The molecule has 0 rings (SSSR count).